The molecule has 0 aliphatic carbocycles. The van der Waals surface area contributed by atoms with Crippen molar-refractivity contribution in [2.75, 3.05) is 54.1 Å². The third-order valence-corrected chi connectivity index (χ3v) is 5.25. The fourth-order valence-electron chi connectivity index (χ4n) is 3.38. The Labute approximate surface area is 155 Å². The number of nitrogens with one attached hydrogen (secondary N) is 2. The quantitative estimate of drug-likeness (QED) is 0.604. The molecule has 1 aromatic rings. The van der Waals surface area contributed by atoms with E-state index < -0.39 is 0 Å². The Kier molecular flexibility index (Phi) is 6.21. The third kappa shape index (κ3) is 4.40. The molecule has 0 radical (unpaired) electrons. The number of guanidine groups is 1. The minimum Gasteiger partial charge on any atom is -0.486 e. The molecule has 0 aromatic heterocycles. The van der Waals surface area contributed by atoms with Gasteiger partial charge >= 0.3 is 0 Å². The molecule has 0 bridgehead atoms. The molecule has 1 aromatic carbocycles. The van der Waals surface area contributed by atoms with Crippen LogP contribution in [0.2, 0.25) is 0 Å². The second-order valence-electron chi connectivity index (χ2n) is 7.04. The highest BCUT2D eigenvalue weighted by atomic mass is 16.6. The first-order valence-corrected chi connectivity index (χ1v) is 9.21. The van der Waals surface area contributed by atoms with Crippen LogP contribution >= 0.6 is 0 Å². The van der Waals surface area contributed by atoms with Crippen LogP contribution in [-0.4, -0.2) is 76.6 Å². The predicted molar refractivity (Wildman–Crippen MR) is 102 cm³/mol. The standard InChI is InChI=1S/C19H30N4O3/c1-20-18(22-14-19(23(2)3)8-10-24-11-9-19)21-12-15-13-25-16-6-4-5-7-17(16)26-15/h4-7,15H,8-14H2,1-3H3,(H2,20,21,22). The van der Waals surface area contributed by atoms with Crippen molar-refractivity contribution in [2.45, 2.75) is 24.5 Å². The average molecular weight is 362 g/mol. The fourth-order valence-corrected chi connectivity index (χ4v) is 3.38. The molecule has 0 spiro atoms. The van der Waals surface area contributed by atoms with E-state index in [1.165, 1.54) is 0 Å². The van der Waals surface area contributed by atoms with Crippen LogP contribution in [0.5, 0.6) is 11.5 Å². The van der Waals surface area contributed by atoms with Crippen LogP contribution in [0.3, 0.4) is 0 Å². The molecule has 2 N–H and O–H groups in total. The summed E-state index contributed by atoms with van der Waals surface area (Å²) < 4.78 is 17.3. The second-order valence-corrected chi connectivity index (χ2v) is 7.04. The molecular weight excluding hydrogens is 332 g/mol. The van der Waals surface area contributed by atoms with E-state index in [1.54, 1.807) is 7.05 Å². The summed E-state index contributed by atoms with van der Waals surface area (Å²) in [5, 5.41) is 6.82. The number of para-hydroxylation sites is 2. The number of nitrogens with zero attached hydrogens (tertiary/aromatic N) is 2. The molecule has 1 fully saturated rings. The molecule has 3 rings (SSSR count). The lowest BCUT2D eigenvalue weighted by Crippen LogP contribution is -2.57. The van der Waals surface area contributed by atoms with E-state index in [-0.39, 0.29) is 11.6 Å². The Morgan fingerprint density at radius 3 is 2.62 bits per heavy atom. The minimum absolute atomic E-state index is 0.0469. The summed E-state index contributed by atoms with van der Waals surface area (Å²) in [6.45, 7) is 3.59. The Hall–Kier alpha value is -1.99. The van der Waals surface area contributed by atoms with Crippen molar-refractivity contribution in [2.24, 2.45) is 4.99 Å². The second kappa shape index (κ2) is 8.60. The number of hydrogen-bond acceptors (Lipinski definition) is 5. The van der Waals surface area contributed by atoms with Crippen LogP contribution in [0, 0.1) is 0 Å². The van der Waals surface area contributed by atoms with Crippen molar-refractivity contribution in [1.29, 1.82) is 0 Å². The lowest BCUT2D eigenvalue weighted by atomic mass is 9.88. The van der Waals surface area contributed by atoms with Gasteiger partial charge in [0.25, 0.3) is 0 Å². The van der Waals surface area contributed by atoms with Gasteiger partial charge in [0.05, 0.1) is 6.54 Å². The largest absolute Gasteiger partial charge is 0.486 e. The summed E-state index contributed by atoms with van der Waals surface area (Å²) in [4.78, 5) is 6.64. The number of likely N-dealkylation sites (N-methyl/N-ethyl adjacent to an activating group) is 1. The summed E-state index contributed by atoms with van der Waals surface area (Å²) >= 11 is 0. The summed E-state index contributed by atoms with van der Waals surface area (Å²) in [6.07, 6.45) is 1.98. The van der Waals surface area contributed by atoms with E-state index in [0.29, 0.717) is 13.2 Å². The highest BCUT2D eigenvalue weighted by molar-refractivity contribution is 5.79. The number of rotatable bonds is 5. The van der Waals surface area contributed by atoms with Crippen molar-refractivity contribution in [3.63, 3.8) is 0 Å². The van der Waals surface area contributed by atoms with E-state index in [0.717, 1.165) is 50.1 Å². The van der Waals surface area contributed by atoms with Crippen molar-refractivity contribution in [3.8, 4) is 11.5 Å². The molecule has 0 saturated carbocycles. The number of fused-ring (bicyclic) bond motifs is 1. The monoisotopic (exact) mass is 362 g/mol. The van der Waals surface area contributed by atoms with Crippen LogP contribution < -0.4 is 20.1 Å². The van der Waals surface area contributed by atoms with E-state index in [2.05, 4.69) is 34.6 Å². The van der Waals surface area contributed by atoms with Gasteiger partial charge in [-0.25, -0.2) is 0 Å². The van der Waals surface area contributed by atoms with Gasteiger partial charge in [-0.1, -0.05) is 12.1 Å². The molecule has 2 aliphatic rings. The van der Waals surface area contributed by atoms with Gasteiger partial charge in [-0.05, 0) is 39.1 Å². The highest BCUT2D eigenvalue weighted by Gasteiger charge is 2.34. The number of hydrogen-bond donors (Lipinski definition) is 2. The number of aliphatic imine (C=N–C) groups is 1. The van der Waals surface area contributed by atoms with Crippen LogP contribution in [-0.2, 0) is 4.74 Å². The predicted octanol–water partition coefficient (Wildman–Crippen LogP) is 1.10. The molecule has 0 amide bonds. The van der Waals surface area contributed by atoms with Gasteiger partial charge in [0, 0.05) is 32.3 Å². The van der Waals surface area contributed by atoms with E-state index in [9.17, 15) is 0 Å². The average Bonchev–Trinajstić information content (AvgIpc) is 2.68. The van der Waals surface area contributed by atoms with Crippen LogP contribution in [0.15, 0.2) is 29.3 Å². The maximum Gasteiger partial charge on any atom is 0.191 e. The minimum atomic E-state index is -0.0469. The molecular formula is C19H30N4O3. The van der Waals surface area contributed by atoms with Gasteiger partial charge in [0.1, 0.15) is 12.7 Å². The topological polar surface area (TPSA) is 67.4 Å². The van der Waals surface area contributed by atoms with Gasteiger partial charge in [-0.2, -0.15) is 0 Å². The van der Waals surface area contributed by atoms with E-state index in [4.69, 9.17) is 14.2 Å². The van der Waals surface area contributed by atoms with Crippen LogP contribution in [0.1, 0.15) is 12.8 Å². The fraction of sp³-hybridized carbons (Fsp3) is 0.632. The molecule has 1 saturated heterocycles. The molecule has 2 heterocycles. The van der Waals surface area contributed by atoms with Gasteiger partial charge < -0.3 is 29.7 Å². The van der Waals surface area contributed by atoms with Gasteiger partial charge in [0.2, 0.25) is 0 Å². The van der Waals surface area contributed by atoms with Crippen molar-refractivity contribution >= 4 is 5.96 Å². The number of ether oxygens (including phenoxy) is 3. The number of benzene rings is 1. The summed E-state index contributed by atoms with van der Waals surface area (Å²) in [7, 11) is 6.05. The first kappa shape index (κ1) is 18.8. The Morgan fingerprint density at radius 2 is 1.92 bits per heavy atom. The van der Waals surface area contributed by atoms with Crippen molar-refractivity contribution in [1.82, 2.24) is 15.5 Å². The molecule has 1 unspecified atom stereocenters. The lowest BCUT2D eigenvalue weighted by Gasteiger charge is -2.43. The first-order chi connectivity index (χ1) is 12.6. The Bertz CT molecular complexity index is 615. The summed E-state index contributed by atoms with van der Waals surface area (Å²) in [5.74, 6) is 2.38. The summed E-state index contributed by atoms with van der Waals surface area (Å²) in [6, 6.07) is 7.76. The highest BCUT2D eigenvalue weighted by Crippen LogP contribution is 2.30. The van der Waals surface area contributed by atoms with Crippen molar-refractivity contribution < 1.29 is 14.2 Å². The zero-order chi connectivity index (χ0) is 18.4. The van der Waals surface area contributed by atoms with Gasteiger partial charge in [-0.15, -0.1) is 0 Å². The first-order valence-electron chi connectivity index (χ1n) is 9.21. The lowest BCUT2D eigenvalue weighted by molar-refractivity contribution is -0.00503. The maximum absolute atomic E-state index is 5.98. The Balaban J connectivity index is 1.49. The molecule has 1 atom stereocenters. The SMILES string of the molecule is CN=C(NCC1COc2ccccc2O1)NCC1(N(C)C)CCOCC1. The molecule has 144 valence electrons. The molecule has 2 aliphatic heterocycles. The summed E-state index contributed by atoms with van der Waals surface area (Å²) in [5.41, 5.74) is 0.0965. The van der Waals surface area contributed by atoms with Crippen LogP contribution in [0.4, 0.5) is 0 Å². The maximum atomic E-state index is 5.98. The normalized spacial score (nSPS) is 22.2. The van der Waals surface area contributed by atoms with Gasteiger partial charge in [-0.3, -0.25) is 4.99 Å². The zero-order valence-corrected chi connectivity index (χ0v) is 16.0. The molecule has 7 heteroatoms. The van der Waals surface area contributed by atoms with Gasteiger partial charge in [0.15, 0.2) is 17.5 Å². The van der Waals surface area contributed by atoms with Crippen LogP contribution in [0.25, 0.3) is 0 Å². The van der Waals surface area contributed by atoms with E-state index in [1.807, 2.05) is 24.3 Å². The van der Waals surface area contributed by atoms with Crippen molar-refractivity contribution in [3.05, 3.63) is 24.3 Å². The zero-order valence-electron chi connectivity index (χ0n) is 16.0. The third-order valence-electron chi connectivity index (χ3n) is 5.25. The van der Waals surface area contributed by atoms with E-state index >= 15 is 0 Å². The molecule has 26 heavy (non-hydrogen) atoms. The molecule has 7 nitrogen and oxygen atoms in total. The smallest absolute Gasteiger partial charge is 0.191 e. The Morgan fingerprint density at radius 1 is 1.19 bits per heavy atom.